The highest BCUT2D eigenvalue weighted by molar-refractivity contribution is 7.00. The Kier molecular flexibility index (Phi) is 10.4. The number of anilines is 9. The van der Waals surface area contributed by atoms with Gasteiger partial charge < -0.3 is 14.7 Å². The number of fused-ring (bicyclic) bond motifs is 4. The van der Waals surface area contributed by atoms with Gasteiger partial charge in [-0.2, -0.15) is 0 Å². The third-order valence-electron chi connectivity index (χ3n) is 13.6. The van der Waals surface area contributed by atoms with Crippen molar-refractivity contribution >= 4 is 74.3 Å². The number of aryl methyl sites for hydroxylation is 2. The average Bonchev–Trinajstić information content (AvgIpc) is 3.23. The minimum atomic E-state index is -0.0458. The molecular formula is C60H66BN3. The van der Waals surface area contributed by atoms with Crippen LogP contribution >= 0.6 is 0 Å². The molecule has 0 saturated heterocycles. The van der Waals surface area contributed by atoms with Crippen molar-refractivity contribution in [3.8, 4) is 0 Å². The Hall–Kier alpha value is -6.00. The molecule has 2 heterocycles. The summed E-state index contributed by atoms with van der Waals surface area (Å²) in [6, 6.07) is 56.2. The fourth-order valence-corrected chi connectivity index (χ4v) is 9.65. The van der Waals surface area contributed by atoms with Crippen LogP contribution in [0.25, 0.3) is 0 Å². The van der Waals surface area contributed by atoms with E-state index in [1.165, 1.54) is 83.9 Å². The van der Waals surface area contributed by atoms with Gasteiger partial charge in [0.05, 0.1) is 5.69 Å². The maximum atomic E-state index is 2.60. The van der Waals surface area contributed by atoms with Crippen molar-refractivity contribution in [2.24, 2.45) is 0 Å². The largest absolute Gasteiger partial charge is 0.311 e. The second kappa shape index (κ2) is 15.3. The highest BCUT2D eigenvalue weighted by atomic mass is 15.2. The lowest BCUT2D eigenvalue weighted by Crippen LogP contribution is -2.61. The van der Waals surface area contributed by atoms with Crippen molar-refractivity contribution in [1.29, 1.82) is 0 Å². The van der Waals surface area contributed by atoms with Gasteiger partial charge in [0.1, 0.15) is 0 Å². The smallest absolute Gasteiger partial charge is 0.252 e. The van der Waals surface area contributed by atoms with Gasteiger partial charge in [0.2, 0.25) is 0 Å². The van der Waals surface area contributed by atoms with E-state index in [0.29, 0.717) is 0 Å². The van der Waals surface area contributed by atoms with Gasteiger partial charge in [0, 0.05) is 45.5 Å². The van der Waals surface area contributed by atoms with E-state index in [2.05, 4.69) is 257 Å². The molecule has 0 aromatic heterocycles. The third kappa shape index (κ3) is 7.74. The predicted molar refractivity (Wildman–Crippen MR) is 279 cm³/mol. The van der Waals surface area contributed by atoms with E-state index < -0.39 is 0 Å². The van der Waals surface area contributed by atoms with Crippen LogP contribution in [-0.4, -0.2) is 6.71 Å². The second-order valence-corrected chi connectivity index (χ2v) is 22.7. The maximum absolute atomic E-state index is 2.60. The molecule has 0 aliphatic carbocycles. The number of rotatable bonds is 5. The lowest BCUT2D eigenvalue weighted by atomic mass is 9.33. The molecule has 7 aromatic carbocycles. The topological polar surface area (TPSA) is 9.72 Å². The summed E-state index contributed by atoms with van der Waals surface area (Å²) >= 11 is 0. The van der Waals surface area contributed by atoms with Crippen LogP contribution in [0.4, 0.5) is 51.2 Å². The minimum Gasteiger partial charge on any atom is -0.311 e. The summed E-state index contributed by atoms with van der Waals surface area (Å²) in [5.41, 5.74) is 22.2. The first kappa shape index (κ1) is 43.3. The van der Waals surface area contributed by atoms with Crippen LogP contribution in [0.1, 0.15) is 116 Å². The molecular weight excluding hydrogens is 773 g/mol. The first-order valence-electron chi connectivity index (χ1n) is 23.3. The molecule has 4 heteroatoms. The highest BCUT2D eigenvalue weighted by Gasteiger charge is 2.45. The zero-order chi connectivity index (χ0) is 45.7. The molecule has 0 fully saturated rings. The van der Waals surface area contributed by atoms with E-state index >= 15 is 0 Å². The summed E-state index contributed by atoms with van der Waals surface area (Å²) < 4.78 is 0. The maximum Gasteiger partial charge on any atom is 0.252 e. The van der Waals surface area contributed by atoms with Crippen LogP contribution in [0.15, 0.2) is 146 Å². The van der Waals surface area contributed by atoms with Crippen molar-refractivity contribution in [3.63, 3.8) is 0 Å². The van der Waals surface area contributed by atoms with Gasteiger partial charge >= 0.3 is 0 Å². The molecule has 3 nitrogen and oxygen atoms in total. The Morgan fingerprint density at radius 3 is 1.08 bits per heavy atom. The number of hydrogen-bond donors (Lipinski definition) is 0. The molecule has 7 aromatic rings. The van der Waals surface area contributed by atoms with Crippen LogP contribution in [0.5, 0.6) is 0 Å². The molecule has 324 valence electrons. The molecule has 0 N–H and O–H groups in total. The van der Waals surface area contributed by atoms with Gasteiger partial charge in [-0.3, -0.25) is 0 Å². The SMILES string of the molecule is Cc1ccc(N(c2ccc(C)cc2)c2cc3c4c(c2)N(c2cccc(C(C)(C)C)c2)c2cc(C(C)(C)C)ccc2B4c2ccc(C(C)(C)C)cc2N3c2cccc(C(C)(C)C)c2)cc1. The van der Waals surface area contributed by atoms with Crippen LogP contribution in [0, 0.1) is 13.8 Å². The van der Waals surface area contributed by atoms with E-state index in [4.69, 9.17) is 0 Å². The third-order valence-corrected chi connectivity index (χ3v) is 13.6. The van der Waals surface area contributed by atoms with Crippen molar-refractivity contribution in [3.05, 3.63) is 179 Å². The van der Waals surface area contributed by atoms with Crippen LogP contribution in [-0.2, 0) is 21.7 Å². The summed E-state index contributed by atoms with van der Waals surface area (Å²) in [6.45, 7) is 32.3. The van der Waals surface area contributed by atoms with Crippen LogP contribution < -0.4 is 31.1 Å². The zero-order valence-corrected chi connectivity index (χ0v) is 40.8. The number of benzene rings is 7. The summed E-state index contributed by atoms with van der Waals surface area (Å²) in [5, 5.41) is 0. The molecule has 0 unspecified atom stereocenters. The average molecular weight is 840 g/mol. The Morgan fingerprint density at radius 1 is 0.359 bits per heavy atom. The van der Waals surface area contributed by atoms with E-state index in [1.807, 2.05) is 0 Å². The number of nitrogens with zero attached hydrogens (tertiary/aromatic N) is 3. The Balaban J connectivity index is 1.46. The van der Waals surface area contributed by atoms with E-state index in [1.54, 1.807) is 0 Å². The second-order valence-electron chi connectivity index (χ2n) is 22.7. The lowest BCUT2D eigenvalue weighted by Gasteiger charge is -2.46. The zero-order valence-electron chi connectivity index (χ0n) is 40.8. The van der Waals surface area contributed by atoms with Crippen molar-refractivity contribution < 1.29 is 0 Å². The fourth-order valence-electron chi connectivity index (χ4n) is 9.65. The quantitative estimate of drug-likeness (QED) is 0.160. The summed E-state index contributed by atoms with van der Waals surface area (Å²) in [7, 11) is 0. The van der Waals surface area contributed by atoms with Gasteiger partial charge in [-0.05, 0) is 147 Å². The lowest BCUT2D eigenvalue weighted by molar-refractivity contribution is 0.589. The van der Waals surface area contributed by atoms with Gasteiger partial charge in [-0.25, -0.2) is 0 Å². The standard InChI is InChI=1S/C60H66BN3/c1-39-21-27-45(28-22-39)62(46-29-23-40(2)24-30-46)49-37-54-56-55(38-49)64(48-20-16-18-42(34-48)58(6,7)8)53-36-44(60(12,13)14)26-32-51(53)61(56)50-31-25-43(59(9,10)11)35-52(50)63(54)47-19-15-17-41(33-47)57(3,4)5/h15-38H,1-14H3. The molecule has 9 rings (SSSR count). The Bertz CT molecular complexity index is 2700. The Labute approximate surface area is 384 Å². The molecule has 0 atom stereocenters. The first-order chi connectivity index (χ1) is 30.1. The van der Waals surface area contributed by atoms with Crippen molar-refractivity contribution in [2.75, 3.05) is 14.7 Å². The summed E-state index contributed by atoms with van der Waals surface area (Å²) in [4.78, 5) is 7.65. The van der Waals surface area contributed by atoms with E-state index in [9.17, 15) is 0 Å². The van der Waals surface area contributed by atoms with Gasteiger partial charge in [0.25, 0.3) is 6.71 Å². The predicted octanol–water partition coefficient (Wildman–Crippen LogP) is 15.0. The summed E-state index contributed by atoms with van der Waals surface area (Å²) in [5.74, 6) is 0. The molecule has 0 amide bonds. The number of hydrogen-bond acceptors (Lipinski definition) is 3. The van der Waals surface area contributed by atoms with Crippen molar-refractivity contribution in [1.82, 2.24) is 0 Å². The van der Waals surface area contributed by atoms with Crippen LogP contribution in [0.2, 0.25) is 0 Å². The molecule has 0 radical (unpaired) electrons. The first-order valence-corrected chi connectivity index (χ1v) is 23.3. The van der Waals surface area contributed by atoms with Gasteiger partial charge in [-0.15, -0.1) is 0 Å². The summed E-state index contributed by atoms with van der Waals surface area (Å²) in [6.07, 6.45) is 0. The normalized spacial score (nSPS) is 13.7. The van der Waals surface area contributed by atoms with Crippen molar-refractivity contribution in [2.45, 2.75) is 119 Å². The molecule has 0 bridgehead atoms. The monoisotopic (exact) mass is 840 g/mol. The molecule has 2 aliphatic heterocycles. The fraction of sp³-hybridized carbons (Fsp3) is 0.300. The van der Waals surface area contributed by atoms with Gasteiger partial charge in [0.15, 0.2) is 0 Å². The highest BCUT2D eigenvalue weighted by Crippen LogP contribution is 2.49. The van der Waals surface area contributed by atoms with E-state index in [-0.39, 0.29) is 28.4 Å². The molecule has 64 heavy (non-hydrogen) atoms. The Morgan fingerprint density at radius 2 is 0.719 bits per heavy atom. The molecule has 0 saturated carbocycles. The van der Waals surface area contributed by atoms with Gasteiger partial charge in [-0.1, -0.05) is 167 Å². The van der Waals surface area contributed by atoms with Crippen LogP contribution in [0.3, 0.4) is 0 Å². The van der Waals surface area contributed by atoms with E-state index in [0.717, 1.165) is 17.1 Å². The molecule has 2 aliphatic rings. The molecule has 0 spiro atoms. The minimum absolute atomic E-state index is 0.00313.